The van der Waals surface area contributed by atoms with Crippen LogP contribution in [0.15, 0.2) is 78.6 Å². The third-order valence-electron chi connectivity index (χ3n) is 5.66. The molecule has 2 aromatic carbocycles. The Morgan fingerprint density at radius 3 is 2.77 bits per heavy atom. The van der Waals surface area contributed by atoms with Crippen molar-refractivity contribution in [2.45, 2.75) is 12.1 Å². The van der Waals surface area contributed by atoms with Crippen LogP contribution in [0.25, 0.3) is 5.70 Å². The lowest BCUT2D eigenvalue weighted by Crippen LogP contribution is -2.32. The third-order valence-corrected chi connectivity index (χ3v) is 5.66. The SMILES string of the molecule is COc1ccccc1C1C2=C(Nc3nnnn31)c1ccccc1OC2c1cccnc1. The molecule has 0 aliphatic carbocycles. The summed E-state index contributed by atoms with van der Waals surface area (Å²) in [7, 11) is 1.67. The van der Waals surface area contributed by atoms with E-state index >= 15 is 0 Å². The Labute approximate surface area is 178 Å². The number of hydrogen-bond acceptors (Lipinski definition) is 7. The smallest absolute Gasteiger partial charge is 0.248 e. The second-order valence-corrected chi connectivity index (χ2v) is 7.33. The summed E-state index contributed by atoms with van der Waals surface area (Å²) in [5.74, 6) is 2.12. The topological polar surface area (TPSA) is 87.0 Å². The van der Waals surface area contributed by atoms with E-state index in [1.807, 2.05) is 66.9 Å². The molecule has 0 fully saturated rings. The van der Waals surface area contributed by atoms with Gasteiger partial charge in [0.15, 0.2) is 6.10 Å². The number of ether oxygens (including phenoxy) is 2. The predicted octanol–water partition coefficient (Wildman–Crippen LogP) is 3.64. The van der Waals surface area contributed by atoms with Crippen molar-refractivity contribution in [3.63, 3.8) is 0 Å². The van der Waals surface area contributed by atoms with Gasteiger partial charge in [-0.1, -0.05) is 41.5 Å². The van der Waals surface area contributed by atoms with Gasteiger partial charge in [-0.25, -0.2) is 0 Å². The minimum absolute atomic E-state index is 0.323. The zero-order chi connectivity index (χ0) is 20.8. The zero-order valence-corrected chi connectivity index (χ0v) is 16.6. The molecule has 0 bridgehead atoms. The van der Waals surface area contributed by atoms with Gasteiger partial charge in [-0.3, -0.25) is 4.98 Å². The van der Waals surface area contributed by atoms with Crippen LogP contribution < -0.4 is 14.8 Å². The summed E-state index contributed by atoms with van der Waals surface area (Å²) < 4.78 is 14.0. The molecule has 0 saturated carbocycles. The molecule has 6 rings (SSSR count). The number of aromatic nitrogens is 5. The van der Waals surface area contributed by atoms with Gasteiger partial charge in [-0.15, -0.1) is 0 Å². The Balaban J connectivity index is 1.66. The molecule has 31 heavy (non-hydrogen) atoms. The van der Waals surface area contributed by atoms with Crippen molar-refractivity contribution in [1.82, 2.24) is 25.2 Å². The van der Waals surface area contributed by atoms with Crippen LogP contribution in [0.1, 0.15) is 28.8 Å². The standard InChI is InChI=1S/C23H18N6O2/c1-30-17-10-4-3-9-16(17)21-19-20(25-23-26-27-28-29(21)23)15-8-2-5-11-18(15)31-22(19)14-7-6-12-24-13-14/h2-13,21-22H,1H3,(H,25,26,28). The highest BCUT2D eigenvalue weighted by molar-refractivity contribution is 5.85. The maximum atomic E-state index is 6.54. The summed E-state index contributed by atoms with van der Waals surface area (Å²) in [6.07, 6.45) is 3.21. The lowest BCUT2D eigenvalue weighted by atomic mass is 9.85. The van der Waals surface area contributed by atoms with Gasteiger partial charge in [0.05, 0.1) is 12.8 Å². The van der Waals surface area contributed by atoms with Gasteiger partial charge in [-0.2, -0.15) is 4.68 Å². The van der Waals surface area contributed by atoms with E-state index in [4.69, 9.17) is 9.47 Å². The summed E-state index contributed by atoms with van der Waals surface area (Å²) in [4.78, 5) is 4.32. The number of anilines is 1. The van der Waals surface area contributed by atoms with Crippen molar-refractivity contribution in [2.75, 3.05) is 12.4 Å². The lowest BCUT2D eigenvalue weighted by Gasteiger charge is -2.38. The van der Waals surface area contributed by atoms with Gasteiger partial charge >= 0.3 is 0 Å². The van der Waals surface area contributed by atoms with Gasteiger partial charge in [0, 0.05) is 34.7 Å². The molecule has 0 radical (unpaired) electrons. The molecule has 8 heteroatoms. The van der Waals surface area contributed by atoms with E-state index in [-0.39, 0.29) is 12.1 Å². The van der Waals surface area contributed by atoms with Crippen molar-refractivity contribution in [3.8, 4) is 11.5 Å². The van der Waals surface area contributed by atoms with Crippen molar-refractivity contribution >= 4 is 11.6 Å². The van der Waals surface area contributed by atoms with E-state index in [0.717, 1.165) is 39.5 Å². The Morgan fingerprint density at radius 1 is 1.03 bits per heavy atom. The van der Waals surface area contributed by atoms with Crippen LogP contribution in [-0.2, 0) is 0 Å². The van der Waals surface area contributed by atoms with Gasteiger partial charge in [0.1, 0.15) is 17.5 Å². The molecule has 0 saturated heterocycles. The molecule has 2 aliphatic heterocycles. The second kappa shape index (κ2) is 6.94. The first kappa shape index (κ1) is 17.6. The number of para-hydroxylation sites is 2. The van der Waals surface area contributed by atoms with Crippen LogP contribution >= 0.6 is 0 Å². The summed E-state index contributed by atoms with van der Waals surface area (Å²) in [6, 6.07) is 19.5. The molecule has 0 amide bonds. The van der Waals surface area contributed by atoms with Crippen molar-refractivity contribution in [1.29, 1.82) is 0 Å². The molecule has 8 nitrogen and oxygen atoms in total. The average Bonchev–Trinajstić information content (AvgIpc) is 3.31. The highest BCUT2D eigenvalue weighted by atomic mass is 16.5. The normalized spacial score (nSPS) is 18.9. The van der Waals surface area contributed by atoms with E-state index in [2.05, 4.69) is 25.8 Å². The van der Waals surface area contributed by atoms with Crippen LogP contribution in [0.2, 0.25) is 0 Å². The molecule has 4 heterocycles. The zero-order valence-electron chi connectivity index (χ0n) is 16.6. The van der Waals surface area contributed by atoms with Gasteiger partial charge in [-0.05, 0) is 34.7 Å². The molecule has 2 aliphatic rings. The molecule has 2 aromatic heterocycles. The lowest BCUT2D eigenvalue weighted by molar-refractivity contribution is 0.221. The molecule has 1 N–H and O–H groups in total. The highest BCUT2D eigenvalue weighted by Gasteiger charge is 2.42. The van der Waals surface area contributed by atoms with Gasteiger partial charge in [0.25, 0.3) is 0 Å². The van der Waals surface area contributed by atoms with Gasteiger partial charge < -0.3 is 14.8 Å². The highest BCUT2D eigenvalue weighted by Crippen LogP contribution is 2.51. The minimum atomic E-state index is -0.377. The summed E-state index contributed by atoms with van der Waals surface area (Å²) in [6.45, 7) is 0. The number of nitrogens with one attached hydrogen (secondary N) is 1. The third kappa shape index (κ3) is 2.68. The number of hydrogen-bond donors (Lipinski definition) is 1. The summed E-state index contributed by atoms with van der Waals surface area (Å²) in [5, 5.41) is 15.9. The quantitative estimate of drug-likeness (QED) is 0.552. The van der Waals surface area contributed by atoms with Crippen LogP contribution in [0, 0.1) is 0 Å². The Morgan fingerprint density at radius 2 is 1.90 bits per heavy atom. The number of methoxy groups -OCH3 is 1. The maximum absolute atomic E-state index is 6.54. The molecule has 4 aromatic rings. The number of nitrogens with zero attached hydrogens (tertiary/aromatic N) is 5. The first-order chi connectivity index (χ1) is 15.3. The Hall–Kier alpha value is -4.20. The van der Waals surface area contributed by atoms with Crippen LogP contribution in [0.3, 0.4) is 0 Å². The van der Waals surface area contributed by atoms with E-state index in [1.165, 1.54) is 0 Å². The van der Waals surface area contributed by atoms with Crippen LogP contribution in [0.5, 0.6) is 11.5 Å². The molecular formula is C23H18N6O2. The molecule has 0 spiro atoms. The Kier molecular flexibility index (Phi) is 3.95. The van der Waals surface area contributed by atoms with E-state index in [1.54, 1.807) is 18.0 Å². The monoisotopic (exact) mass is 410 g/mol. The van der Waals surface area contributed by atoms with Crippen LogP contribution in [-0.4, -0.2) is 32.3 Å². The second-order valence-electron chi connectivity index (χ2n) is 7.33. The summed E-state index contributed by atoms with van der Waals surface area (Å²) >= 11 is 0. The van der Waals surface area contributed by atoms with Crippen LogP contribution in [0.4, 0.5) is 5.95 Å². The molecule has 2 unspecified atom stereocenters. The minimum Gasteiger partial charge on any atom is -0.496 e. The predicted molar refractivity (Wildman–Crippen MR) is 114 cm³/mol. The number of benzene rings is 2. The maximum Gasteiger partial charge on any atom is 0.248 e. The number of tetrazole rings is 1. The first-order valence-electron chi connectivity index (χ1n) is 9.93. The number of fused-ring (bicyclic) bond motifs is 3. The molecular weight excluding hydrogens is 392 g/mol. The molecule has 152 valence electrons. The molecule has 2 atom stereocenters. The van der Waals surface area contributed by atoms with E-state index < -0.39 is 0 Å². The fraction of sp³-hybridized carbons (Fsp3) is 0.130. The van der Waals surface area contributed by atoms with E-state index in [9.17, 15) is 0 Å². The van der Waals surface area contributed by atoms with Crippen molar-refractivity contribution in [3.05, 3.63) is 95.3 Å². The fourth-order valence-corrected chi connectivity index (χ4v) is 4.34. The van der Waals surface area contributed by atoms with Crippen molar-refractivity contribution < 1.29 is 9.47 Å². The Bertz CT molecular complexity index is 1300. The van der Waals surface area contributed by atoms with Gasteiger partial charge in [0.2, 0.25) is 5.95 Å². The summed E-state index contributed by atoms with van der Waals surface area (Å²) in [5.41, 5.74) is 4.80. The number of pyridine rings is 1. The first-order valence-corrected chi connectivity index (χ1v) is 9.93. The fourth-order valence-electron chi connectivity index (χ4n) is 4.34. The number of rotatable bonds is 3. The average molecular weight is 410 g/mol. The van der Waals surface area contributed by atoms with E-state index in [0.29, 0.717) is 5.95 Å². The van der Waals surface area contributed by atoms with Crippen molar-refractivity contribution in [2.24, 2.45) is 0 Å². The largest absolute Gasteiger partial charge is 0.496 e.